The third-order valence-corrected chi connectivity index (χ3v) is 5.41. The van der Waals surface area contributed by atoms with Crippen LogP contribution in [0.3, 0.4) is 0 Å². The molecule has 2 aromatic heterocycles. The SMILES string of the molecule is CCc1nc(CS(=O)Cc2cc(-c3ccccc3)no2)cs1. The number of nitrogens with zero attached hydrogens (tertiary/aromatic N) is 2. The van der Waals surface area contributed by atoms with E-state index < -0.39 is 10.8 Å². The van der Waals surface area contributed by atoms with Crippen molar-refractivity contribution in [3.63, 3.8) is 0 Å². The van der Waals surface area contributed by atoms with E-state index in [-0.39, 0.29) is 0 Å². The monoisotopic (exact) mass is 332 g/mol. The van der Waals surface area contributed by atoms with Crippen LogP contribution < -0.4 is 0 Å². The van der Waals surface area contributed by atoms with Crippen molar-refractivity contribution in [2.75, 3.05) is 0 Å². The molecule has 1 unspecified atom stereocenters. The first kappa shape index (κ1) is 15.1. The maximum absolute atomic E-state index is 12.2. The van der Waals surface area contributed by atoms with Gasteiger partial charge in [0.25, 0.3) is 0 Å². The van der Waals surface area contributed by atoms with Gasteiger partial charge < -0.3 is 4.52 Å². The minimum atomic E-state index is -1.04. The predicted molar refractivity (Wildman–Crippen MR) is 89.0 cm³/mol. The molecule has 0 bridgehead atoms. The summed E-state index contributed by atoms with van der Waals surface area (Å²) in [5.41, 5.74) is 2.66. The lowest BCUT2D eigenvalue weighted by Crippen LogP contribution is -1.99. The molecule has 1 atom stereocenters. The second-order valence-corrected chi connectivity index (χ2v) is 7.26. The fourth-order valence-corrected chi connectivity index (χ4v) is 3.96. The van der Waals surface area contributed by atoms with Crippen LogP contribution in [-0.2, 0) is 28.7 Å². The van der Waals surface area contributed by atoms with Gasteiger partial charge in [-0.05, 0) is 6.42 Å². The van der Waals surface area contributed by atoms with Gasteiger partial charge in [0.15, 0.2) is 0 Å². The molecule has 0 fully saturated rings. The van der Waals surface area contributed by atoms with Crippen molar-refractivity contribution >= 4 is 22.1 Å². The quantitative estimate of drug-likeness (QED) is 0.689. The molecule has 0 saturated heterocycles. The Morgan fingerprint density at radius 2 is 2.05 bits per heavy atom. The van der Waals surface area contributed by atoms with Gasteiger partial charge in [0.2, 0.25) is 0 Å². The normalized spacial score (nSPS) is 12.4. The third-order valence-electron chi connectivity index (χ3n) is 3.14. The van der Waals surface area contributed by atoms with E-state index in [1.54, 1.807) is 11.3 Å². The van der Waals surface area contributed by atoms with Gasteiger partial charge in [-0.1, -0.05) is 42.4 Å². The van der Waals surface area contributed by atoms with E-state index in [0.29, 0.717) is 17.3 Å². The molecule has 1 aromatic carbocycles. The maximum atomic E-state index is 12.2. The largest absolute Gasteiger partial charge is 0.360 e. The highest BCUT2D eigenvalue weighted by Gasteiger charge is 2.11. The van der Waals surface area contributed by atoms with Crippen LogP contribution in [0.5, 0.6) is 0 Å². The van der Waals surface area contributed by atoms with Crippen LogP contribution in [0, 0.1) is 0 Å². The van der Waals surface area contributed by atoms with E-state index >= 15 is 0 Å². The lowest BCUT2D eigenvalue weighted by atomic mass is 10.1. The van der Waals surface area contributed by atoms with E-state index in [1.807, 2.05) is 41.8 Å². The Morgan fingerprint density at radius 1 is 1.23 bits per heavy atom. The van der Waals surface area contributed by atoms with E-state index in [9.17, 15) is 4.21 Å². The van der Waals surface area contributed by atoms with Crippen LogP contribution in [0.15, 0.2) is 46.3 Å². The summed E-state index contributed by atoms with van der Waals surface area (Å²) in [7, 11) is -1.04. The minimum absolute atomic E-state index is 0.360. The molecule has 3 rings (SSSR count). The van der Waals surface area contributed by atoms with E-state index in [0.717, 1.165) is 28.4 Å². The molecular weight excluding hydrogens is 316 g/mol. The highest BCUT2D eigenvalue weighted by atomic mass is 32.2. The van der Waals surface area contributed by atoms with Crippen LogP contribution in [0.4, 0.5) is 0 Å². The summed E-state index contributed by atoms with van der Waals surface area (Å²) >= 11 is 1.62. The summed E-state index contributed by atoms with van der Waals surface area (Å²) in [6, 6.07) is 11.7. The highest BCUT2D eigenvalue weighted by Crippen LogP contribution is 2.20. The molecule has 2 heterocycles. The molecule has 0 N–H and O–H groups in total. The van der Waals surface area contributed by atoms with Crippen molar-refractivity contribution in [2.45, 2.75) is 24.9 Å². The summed E-state index contributed by atoms with van der Waals surface area (Å²) in [4.78, 5) is 4.44. The second kappa shape index (κ2) is 6.98. The Balaban J connectivity index is 1.63. The Bertz CT molecular complexity index is 765. The van der Waals surface area contributed by atoms with Crippen LogP contribution in [0.25, 0.3) is 11.3 Å². The molecule has 0 radical (unpaired) electrons. The average Bonchev–Trinajstić information content (AvgIpc) is 3.17. The lowest BCUT2D eigenvalue weighted by molar-refractivity contribution is 0.396. The topological polar surface area (TPSA) is 56.0 Å². The Kier molecular flexibility index (Phi) is 4.80. The zero-order valence-electron chi connectivity index (χ0n) is 12.2. The number of aryl methyl sites for hydroxylation is 1. The van der Waals surface area contributed by atoms with E-state index in [1.165, 1.54) is 0 Å². The van der Waals surface area contributed by atoms with Crippen molar-refractivity contribution in [1.29, 1.82) is 0 Å². The van der Waals surface area contributed by atoms with Crippen molar-refractivity contribution in [3.8, 4) is 11.3 Å². The number of benzene rings is 1. The summed E-state index contributed by atoms with van der Waals surface area (Å²) < 4.78 is 17.5. The molecular formula is C16H16N2O2S2. The summed E-state index contributed by atoms with van der Waals surface area (Å²) in [6.45, 7) is 2.07. The minimum Gasteiger partial charge on any atom is -0.360 e. The van der Waals surface area contributed by atoms with Crippen LogP contribution in [0.2, 0.25) is 0 Å². The van der Waals surface area contributed by atoms with Gasteiger partial charge in [0.1, 0.15) is 11.5 Å². The molecule has 114 valence electrons. The second-order valence-electron chi connectivity index (χ2n) is 4.86. The summed E-state index contributed by atoms with van der Waals surface area (Å²) in [6.07, 6.45) is 0.917. The Labute approximate surface area is 135 Å². The first-order valence-corrected chi connectivity index (χ1v) is 9.40. The molecule has 0 aliphatic rings. The standard InChI is InChI=1S/C16H16N2O2S2/c1-2-16-17-13(9-21-16)10-22(19)11-14-8-15(18-20-14)12-6-4-3-5-7-12/h3-9H,2,10-11H2,1H3. The number of thiazole rings is 1. The van der Waals surface area contributed by atoms with Crippen molar-refractivity contribution in [1.82, 2.24) is 10.1 Å². The zero-order valence-corrected chi connectivity index (χ0v) is 13.8. The smallest absolute Gasteiger partial charge is 0.149 e. The third kappa shape index (κ3) is 3.69. The van der Waals surface area contributed by atoms with Gasteiger partial charge in [-0.25, -0.2) is 4.98 Å². The maximum Gasteiger partial charge on any atom is 0.149 e. The van der Waals surface area contributed by atoms with Crippen LogP contribution in [0.1, 0.15) is 23.4 Å². The molecule has 0 spiro atoms. The highest BCUT2D eigenvalue weighted by molar-refractivity contribution is 7.83. The molecule has 4 nitrogen and oxygen atoms in total. The fraction of sp³-hybridized carbons (Fsp3) is 0.250. The van der Waals surface area contributed by atoms with Crippen molar-refractivity contribution in [3.05, 3.63) is 58.2 Å². The first-order valence-electron chi connectivity index (χ1n) is 7.04. The zero-order chi connectivity index (χ0) is 15.4. The summed E-state index contributed by atoms with van der Waals surface area (Å²) in [5, 5.41) is 7.10. The predicted octanol–water partition coefficient (Wildman–Crippen LogP) is 3.81. The molecule has 0 amide bonds. The van der Waals surface area contributed by atoms with E-state index in [4.69, 9.17) is 4.52 Å². The van der Waals surface area contributed by atoms with Crippen LogP contribution in [-0.4, -0.2) is 14.3 Å². The van der Waals surface area contributed by atoms with Crippen molar-refractivity contribution in [2.24, 2.45) is 0 Å². The van der Waals surface area contributed by atoms with E-state index in [2.05, 4.69) is 17.1 Å². The molecule has 6 heteroatoms. The number of hydrogen-bond acceptors (Lipinski definition) is 5. The lowest BCUT2D eigenvalue weighted by Gasteiger charge is -1.96. The summed E-state index contributed by atoms with van der Waals surface area (Å²) in [5.74, 6) is 1.46. The number of rotatable bonds is 6. The fourth-order valence-electron chi connectivity index (χ4n) is 2.08. The average molecular weight is 332 g/mol. The molecule has 0 aliphatic carbocycles. The van der Waals surface area contributed by atoms with Gasteiger partial charge >= 0.3 is 0 Å². The number of hydrogen-bond donors (Lipinski definition) is 0. The molecule has 22 heavy (non-hydrogen) atoms. The Morgan fingerprint density at radius 3 is 2.77 bits per heavy atom. The molecule has 0 saturated carbocycles. The first-order chi connectivity index (χ1) is 10.7. The molecule has 0 aliphatic heterocycles. The Hall–Kier alpha value is -1.79. The van der Waals surface area contributed by atoms with Crippen molar-refractivity contribution < 1.29 is 8.73 Å². The number of aromatic nitrogens is 2. The van der Waals surface area contributed by atoms with Gasteiger partial charge in [-0.2, -0.15) is 0 Å². The van der Waals surface area contributed by atoms with Gasteiger partial charge in [-0.3, -0.25) is 4.21 Å². The van der Waals surface area contributed by atoms with Crippen LogP contribution >= 0.6 is 11.3 Å². The molecule has 3 aromatic rings. The van der Waals surface area contributed by atoms with Gasteiger partial charge in [-0.15, -0.1) is 11.3 Å². The van der Waals surface area contributed by atoms with Gasteiger partial charge in [0.05, 0.1) is 22.2 Å². The van der Waals surface area contributed by atoms with Gasteiger partial charge in [0, 0.05) is 27.8 Å².